The van der Waals surface area contributed by atoms with Crippen LogP contribution in [0.2, 0.25) is 0 Å². The number of carbonyl (C=O) groups is 1. The molecular formula is C17H25BrN2O2S. The molecule has 6 heteroatoms. The Labute approximate surface area is 151 Å². The lowest BCUT2D eigenvalue weighted by Gasteiger charge is -2.29. The molecule has 1 aromatic heterocycles. The Balaban J connectivity index is 1.75. The van der Waals surface area contributed by atoms with Gasteiger partial charge in [0.15, 0.2) is 0 Å². The Kier molecular flexibility index (Phi) is 6.28. The molecule has 0 bridgehead atoms. The molecule has 0 unspecified atom stereocenters. The zero-order chi connectivity index (χ0) is 17.0. The van der Waals surface area contributed by atoms with E-state index in [9.17, 15) is 4.79 Å². The normalized spacial score (nSPS) is 15.5. The smallest absolute Gasteiger partial charge is 0.410 e. The number of hydrogen-bond acceptors (Lipinski definition) is 4. The number of thiophene rings is 1. The minimum Gasteiger partial charge on any atom is -0.444 e. The highest BCUT2D eigenvalue weighted by molar-refractivity contribution is 9.10. The lowest BCUT2D eigenvalue weighted by molar-refractivity contribution is 0.0265. The molecule has 128 valence electrons. The molecule has 2 rings (SSSR count). The molecule has 23 heavy (non-hydrogen) atoms. The summed E-state index contributed by atoms with van der Waals surface area (Å²) in [7, 11) is 0. The highest BCUT2D eigenvalue weighted by Gasteiger charge is 2.23. The zero-order valence-corrected chi connectivity index (χ0v) is 16.6. The van der Waals surface area contributed by atoms with Gasteiger partial charge in [0.1, 0.15) is 5.60 Å². The Hall–Kier alpha value is -0.850. The fourth-order valence-corrected chi connectivity index (χ4v) is 3.89. The van der Waals surface area contributed by atoms with Gasteiger partial charge in [0, 0.05) is 40.4 Å². The molecule has 0 radical (unpaired) electrons. The Bertz CT molecular complexity index is 570. The second-order valence-electron chi connectivity index (χ2n) is 6.76. The van der Waals surface area contributed by atoms with Crippen molar-refractivity contribution in [3.8, 4) is 0 Å². The van der Waals surface area contributed by atoms with Crippen molar-refractivity contribution in [2.24, 2.45) is 0 Å². The van der Waals surface area contributed by atoms with Gasteiger partial charge < -0.3 is 15.0 Å². The fraction of sp³-hybridized carbons (Fsp3) is 0.588. The molecule has 0 fully saturated rings. The van der Waals surface area contributed by atoms with E-state index < -0.39 is 5.60 Å². The lowest BCUT2D eigenvalue weighted by atomic mass is 10.1. The van der Waals surface area contributed by atoms with Gasteiger partial charge in [-0.2, -0.15) is 0 Å². The molecule has 1 N–H and O–H groups in total. The van der Waals surface area contributed by atoms with Gasteiger partial charge in [-0.1, -0.05) is 11.6 Å². The number of aryl methyl sites for hydroxylation is 1. The van der Waals surface area contributed by atoms with Crippen molar-refractivity contribution in [1.29, 1.82) is 0 Å². The third-order valence-electron chi connectivity index (χ3n) is 3.51. The summed E-state index contributed by atoms with van der Waals surface area (Å²) in [6.07, 6.45) is 2.81. The maximum absolute atomic E-state index is 12.0. The van der Waals surface area contributed by atoms with E-state index in [1.54, 1.807) is 4.90 Å². The first-order valence-electron chi connectivity index (χ1n) is 7.86. The molecule has 1 aliphatic rings. The van der Waals surface area contributed by atoms with Crippen molar-refractivity contribution >= 4 is 33.4 Å². The molecule has 0 aromatic carbocycles. The molecule has 0 saturated carbocycles. The second kappa shape index (κ2) is 7.81. The van der Waals surface area contributed by atoms with E-state index in [4.69, 9.17) is 4.74 Å². The Morgan fingerprint density at radius 1 is 1.43 bits per heavy atom. The molecule has 1 amide bonds. The van der Waals surface area contributed by atoms with Crippen molar-refractivity contribution in [2.45, 2.75) is 46.3 Å². The van der Waals surface area contributed by atoms with E-state index >= 15 is 0 Å². The predicted molar refractivity (Wildman–Crippen MR) is 99.0 cm³/mol. The first-order valence-corrected chi connectivity index (χ1v) is 9.47. The maximum atomic E-state index is 12.0. The molecule has 0 atom stereocenters. The van der Waals surface area contributed by atoms with Gasteiger partial charge in [-0.3, -0.25) is 0 Å². The quantitative estimate of drug-likeness (QED) is 0.757. The van der Waals surface area contributed by atoms with Gasteiger partial charge >= 0.3 is 6.09 Å². The first-order chi connectivity index (χ1) is 10.7. The van der Waals surface area contributed by atoms with Gasteiger partial charge in [0.2, 0.25) is 0 Å². The van der Waals surface area contributed by atoms with Crippen molar-refractivity contribution in [2.75, 3.05) is 19.6 Å². The fourth-order valence-electron chi connectivity index (χ4n) is 2.32. The number of hydrogen-bond donors (Lipinski definition) is 1. The molecule has 1 aliphatic heterocycles. The summed E-state index contributed by atoms with van der Waals surface area (Å²) >= 11 is 5.36. The molecule has 1 aromatic rings. The number of nitrogens with one attached hydrogen (secondary N) is 1. The van der Waals surface area contributed by atoms with Crippen LogP contribution in [0.15, 0.2) is 22.2 Å². The van der Waals surface area contributed by atoms with Crippen LogP contribution in [0.25, 0.3) is 0 Å². The van der Waals surface area contributed by atoms with Gasteiger partial charge in [0.05, 0.1) is 0 Å². The van der Waals surface area contributed by atoms with Crippen molar-refractivity contribution in [3.63, 3.8) is 0 Å². The molecule has 0 saturated heterocycles. The number of nitrogens with zero attached hydrogens (tertiary/aromatic N) is 1. The summed E-state index contributed by atoms with van der Waals surface area (Å²) < 4.78 is 6.59. The van der Waals surface area contributed by atoms with E-state index in [1.165, 1.54) is 19.8 Å². The highest BCUT2D eigenvalue weighted by Crippen LogP contribution is 2.26. The summed E-state index contributed by atoms with van der Waals surface area (Å²) in [5.41, 5.74) is 0.924. The molecule has 0 aliphatic carbocycles. The maximum Gasteiger partial charge on any atom is 0.410 e. The summed E-state index contributed by atoms with van der Waals surface area (Å²) in [5, 5.41) is 3.48. The number of ether oxygens (including phenoxy) is 1. The average Bonchev–Trinajstić information content (AvgIpc) is 2.76. The van der Waals surface area contributed by atoms with E-state index in [1.807, 2.05) is 32.1 Å². The number of carbonyl (C=O) groups excluding carboxylic acids is 1. The van der Waals surface area contributed by atoms with Gasteiger partial charge in [-0.05, 0) is 56.1 Å². The monoisotopic (exact) mass is 400 g/mol. The topological polar surface area (TPSA) is 41.6 Å². The van der Waals surface area contributed by atoms with Crippen LogP contribution >= 0.6 is 27.3 Å². The van der Waals surface area contributed by atoms with E-state index in [-0.39, 0.29) is 6.09 Å². The highest BCUT2D eigenvalue weighted by atomic mass is 79.9. The van der Waals surface area contributed by atoms with Gasteiger partial charge in [-0.15, -0.1) is 11.3 Å². The number of amides is 1. The molecule has 0 spiro atoms. The molecular weight excluding hydrogens is 376 g/mol. The number of rotatable bonds is 4. The Morgan fingerprint density at radius 3 is 2.70 bits per heavy atom. The van der Waals surface area contributed by atoms with Crippen LogP contribution in [-0.2, 0) is 11.3 Å². The number of halogens is 1. The van der Waals surface area contributed by atoms with Crippen LogP contribution in [0.4, 0.5) is 4.79 Å². The van der Waals surface area contributed by atoms with Gasteiger partial charge in [0.25, 0.3) is 0 Å². The molecule has 2 heterocycles. The summed E-state index contributed by atoms with van der Waals surface area (Å²) in [6.45, 7) is 10.9. The van der Waals surface area contributed by atoms with Crippen molar-refractivity contribution in [3.05, 3.63) is 31.9 Å². The summed E-state index contributed by atoms with van der Waals surface area (Å²) in [6, 6.07) is 2.17. The van der Waals surface area contributed by atoms with Crippen LogP contribution in [0.1, 0.15) is 36.9 Å². The third-order valence-corrected chi connectivity index (χ3v) is 5.65. The van der Waals surface area contributed by atoms with Crippen LogP contribution in [0.3, 0.4) is 0 Å². The van der Waals surface area contributed by atoms with E-state index in [0.717, 1.165) is 26.1 Å². The van der Waals surface area contributed by atoms with Crippen molar-refractivity contribution in [1.82, 2.24) is 10.2 Å². The minimum absolute atomic E-state index is 0.223. The van der Waals surface area contributed by atoms with Gasteiger partial charge in [-0.25, -0.2) is 4.79 Å². The largest absolute Gasteiger partial charge is 0.444 e. The summed E-state index contributed by atoms with van der Waals surface area (Å²) in [4.78, 5) is 16.4. The standard InChI is InChI=1S/C17H25BrN2O2S/c1-12-15(18)9-14(23-12)11-19-10-13-5-7-20(8-6-13)16(21)22-17(2,3)4/h5,9,19H,6-8,10-11H2,1-4H3. The lowest BCUT2D eigenvalue weighted by Crippen LogP contribution is -2.39. The zero-order valence-electron chi connectivity index (χ0n) is 14.2. The SMILES string of the molecule is Cc1sc(CNCC2=CCN(C(=O)OC(C)(C)C)CC2)cc1Br. The van der Waals surface area contributed by atoms with E-state index in [2.05, 4.69) is 40.3 Å². The van der Waals surface area contributed by atoms with Crippen LogP contribution in [-0.4, -0.2) is 36.2 Å². The van der Waals surface area contributed by atoms with E-state index in [0.29, 0.717) is 6.54 Å². The molecule has 4 nitrogen and oxygen atoms in total. The van der Waals surface area contributed by atoms with Crippen LogP contribution < -0.4 is 5.32 Å². The van der Waals surface area contributed by atoms with Crippen LogP contribution in [0.5, 0.6) is 0 Å². The predicted octanol–water partition coefficient (Wildman–Crippen LogP) is 4.48. The average molecular weight is 401 g/mol. The third kappa shape index (κ3) is 5.94. The second-order valence-corrected chi connectivity index (χ2v) is 8.95. The summed E-state index contributed by atoms with van der Waals surface area (Å²) in [5.74, 6) is 0. The first kappa shape index (κ1) is 18.5. The van der Waals surface area contributed by atoms with Crippen LogP contribution in [0, 0.1) is 6.92 Å². The van der Waals surface area contributed by atoms with Crippen molar-refractivity contribution < 1.29 is 9.53 Å². The minimum atomic E-state index is -0.435. The Morgan fingerprint density at radius 2 is 2.17 bits per heavy atom.